The van der Waals surface area contributed by atoms with Gasteiger partial charge in [-0.2, -0.15) is 0 Å². The third-order valence-corrected chi connectivity index (χ3v) is 4.47. The Kier molecular flexibility index (Phi) is 5.32. The maximum atomic E-state index is 3.80. The van der Waals surface area contributed by atoms with Crippen LogP contribution in [0.15, 0.2) is 30.3 Å². The predicted octanol–water partition coefficient (Wildman–Crippen LogP) is 4.17. The second-order valence-electron chi connectivity index (χ2n) is 8.12. The minimum atomic E-state index is 0.350. The van der Waals surface area contributed by atoms with Crippen molar-refractivity contribution in [2.75, 3.05) is 24.5 Å². The smallest absolute Gasteiger partial charge is 0.0366 e. The van der Waals surface area contributed by atoms with Crippen LogP contribution < -0.4 is 10.2 Å². The van der Waals surface area contributed by atoms with E-state index in [-0.39, 0.29) is 0 Å². The van der Waals surface area contributed by atoms with E-state index in [1.807, 2.05) is 0 Å². The van der Waals surface area contributed by atoms with Crippen molar-refractivity contribution in [3.05, 3.63) is 30.3 Å². The number of anilines is 1. The summed E-state index contributed by atoms with van der Waals surface area (Å²) >= 11 is 0. The molecule has 1 heterocycles. The number of hydrogen-bond donors (Lipinski definition) is 1. The zero-order valence-electron chi connectivity index (χ0n) is 14.4. The summed E-state index contributed by atoms with van der Waals surface area (Å²) in [5, 5.41) is 3.80. The predicted molar refractivity (Wildman–Crippen MR) is 92.8 cm³/mol. The molecule has 0 saturated carbocycles. The van der Waals surface area contributed by atoms with Crippen molar-refractivity contribution in [1.82, 2.24) is 5.32 Å². The second kappa shape index (κ2) is 6.83. The van der Waals surface area contributed by atoms with Gasteiger partial charge in [-0.15, -0.1) is 0 Å². The highest BCUT2D eigenvalue weighted by atomic mass is 15.2. The van der Waals surface area contributed by atoms with E-state index >= 15 is 0 Å². The second-order valence-corrected chi connectivity index (χ2v) is 8.12. The molecule has 0 aliphatic carbocycles. The summed E-state index contributed by atoms with van der Waals surface area (Å²) in [6.07, 6.45) is 1.30. The van der Waals surface area contributed by atoms with Crippen LogP contribution in [0.4, 0.5) is 5.69 Å². The van der Waals surface area contributed by atoms with Gasteiger partial charge in [0.15, 0.2) is 0 Å². The minimum absolute atomic E-state index is 0.350. The Hall–Kier alpha value is -1.02. The van der Waals surface area contributed by atoms with Crippen molar-refractivity contribution in [2.24, 2.45) is 17.3 Å². The summed E-state index contributed by atoms with van der Waals surface area (Å²) in [6, 6.07) is 11.5. The molecule has 1 fully saturated rings. The Labute approximate surface area is 130 Å². The lowest BCUT2D eigenvalue weighted by atomic mass is 9.84. The third-order valence-electron chi connectivity index (χ3n) is 4.47. The molecule has 2 nitrogen and oxygen atoms in total. The molecule has 1 saturated heterocycles. The number of nitrogens with zero attached hydrogens (tertiary/aromatic N) is 1. The highest BCUT2D eigenvalue weighted by Gasteiger charge is 2.29. The average molecular weight is 288 g/mol. The molecule has 0 aromatic heterocycles. The molecule has 0 amide bonds. The maximum Gasteiger partial charge on any atom is 0.0366 e. The zero-order valence-corrected chi connectivity index (χ0v) is 14.4. The van der Waals surface area contributed by atoms with Gasteiger partial charge < -0.3 is 10.2 Å². The minimum Gasteiger partial charge on any atom is -0.370 e. The van der Waals surface area contributed by atoms with Gasteiger partial charge in [0.1, 0.15) is 0 Å². The van der Waals surface area contributed by atoms with E-state index in [2.05, 4.69) is 75.2 Å². The van der Waals surface area contributed by atoms with Gasteiger partial charge in [-0.05, 0) is 35.8 Å². The van der Waals surface area contributed by atoms with Crippen molar-refractivity contribution in [1.29, 1.82) is 0 Å². The Morgan fingerprint density at radius 3 is 2.38 bits per heavy atom. The summed E-state index contributed by atoms with van der Waals surface area (Å²) in [5.41, 5.74) is 1.72. The van der Waals surface area contributed by atoms with Crippen LogP contribution in [0.3, 0.4) is 0 Å². The van der Waals surface area contributed by atoms with Gasteiger partial charge in [-0.25, -0.2) is 0 Å². The van der Waals surface area contributed by atoms with E-state index in [1.165, 1.54) is 18.7 Å². The van der Waals surface area contributed by atoms with Crippen molar-refractivity contribution in [3.8, 4) is 0 Å². The third kappa shape index (κ3) is 5.03. The molecule has 0 radical (unpaired) electrons. The number of benzene rings is 1. The van der Waals surface area contributed by atoms with Crippen LogP contribution in [0, 0.1) is 17.3 Å². The molecule has 2 atom stereocenters. The molecule has 1 aliphatic heterocycles. The van der Waals surface area contributed by atoms with Crippen molar-refractivity contribution in [3.63, 3.8) is 0 Å². The zero-order chi connectivity index (χ0) is 15.5. The lowest BCUT2D eigenvalue weighted by Crippen LogP contribution is -2.51. The molecule has 2 unspecified atom stereocenters. The standard InChI is InChI=1S/C19H32N2/c1-15(2)16-11-17(20-14-19(3,4)5)13-21(12-16)18-9-7-6-8-10-18/h6-10,15-17,20H,11-14H2,1-5H3. The highest BCUT2D eigenvalue weighted by Crippen LogP contribution is 2.28. The monoisotopic (exact) mass is 288 g/mol. The van der Waals surface area contributed by atoms with Gasteiger partial charge in [0.05, 0.1) is 0 Å². The molecular weight excluding hydrogens is 256 g/mol. The fraction of sp³-hybridized carbons (Fsp3) is 0.684. The Bertz CT molecular complexity index is 419. The summed E-state index contributed by atoms with van der Waals surface area (Å²) in [7, 11) is 0. The molecule has 2 heteroatoms. The van der Waals surface area contributed by atoms with Crippen LogP contribution in [-0.2, 0) is 0 Å². The SMILES string of the molecule is CC(C)C1CC(NCC(C)(C)C)CN(c2ccccc2)C1. The van der Waals surface area contributed by atoms with Crippen molar-refractivity contribution < 1.29 is 0 Å². The summed E-state index contributed by atoms with van der Waals surface area (Å²) in [4.78, 5) is 2.56. The van der Waals surface area contributed by atoms with E-state index in [0.717, 1.165) is 24.9 Å². The van der Waals surface area contributed by atoms with E-state index in [1.54, 1.807) is 0 Å². The first-order valence-corrected chi connectivity index (χ1v) is 8.38. The van der Waals surface area contributed by atoms with Gasteiger partial charge in [-0.3, -0.25) is 0 Å². The fourth-order valence-corrected chi connectivity index (χ4v) is 3.07. The lowest BCUT2D eigenvalue weighted by molar-refractivity contribution is 0.253. The first-order valence-electron chi connectivity index (χ1n) is 8.38. The number of piperidine rings is 1. The van der Waals surface area contributed by atoms with E-state index in [4.69, 9.17) is 0 Å². The van der Waals surface area contributed by atoms with Crippen LogP contribution in [-0.4, -0.2) is 25.7 Å². The van der Waals surface area contributed by atoms with Gasteiger partial charge in [-0.1, -0.05) is 52.8 Å². The van der Waals surface area contributed by atoms with Crippen LogP contribution >= 0.6 is 0 Å². The highest BCUT2D eigenvalue weighted by molar-refractivity contribution is 5.46. The van der Waals surface area contributed by atoms with Crippen molar-refractivity contribution >= 4 is 5.69 Å². The van der Waals surface area contributed by atoms with E-state index in [9.17, 15) is 0 Å². The quantitative estimate of drug-likeness (QED) is 0.894. The van der Waals surface area contributed by atoms with Crippen molar-refractivity contribution in [2.45, 2.75) is 47.1 Å². The molecule has 1 N–H and O–H groups in total. The topological polar surface area (TPSA) is 15.3 Å². The average Bonchev–Trinajstić information content (AvgIpc) is 2.45. The first kappa shape index (κ1) is 16.4. The van der Waals surface area contributed by atoms with Gasteiger partial charge in [0, 0.05) is 31.4 Å². The molecule has 1 aliphatic rings. The largest absolute Gasteiger partial charge is 0.370 e. The Balaban J connectivity index is 2.05. The maximum absolute atomic E-state index is 3.80. The van der Waals surface area contributed by atoms with E-state index in [0.29, 0.717) is 11.5 Å². The molecular formula is C19H32N2. The van der Waals surface area contributed by atoms with Gasteiger partial charge in [0.2, 0.25) is 0 Å². The Morgan fingerprint density at radius 2 is 1.81 bits per heavy atom. The number of hydrogen-bond acceptors (Lipinski definition) is 2. The molecule has 21 heavy (non-hydrogen) atoms. The molecule has 0 spiro atoms. The Morgan fingerprint density at radius 1 is 1.14 bits per heavy atom. The summed E-state index contributed by atoms with van der Waals surface area (Å²) in [5.74, 6) is 1.52. The molecule has 1 aromatic rings. The molecule has 0 bridgehead atoms. The van der Waals surface area contributed by atoms with Crippen LogP contribution in [0.1, 0.15) is 41.0 Å². The van der Waals surface area contributed by atoms with Gasteiger partial charge >= 0.3 is 0 Å². The van der Waals surface area contributed by atoms with Crippen LogP contribution in [0.5, 0.6) is 0 Å². The number of rotatable bonds is 4. The summed E-state index contributed by atoms with van der Waals surface area (Å²) < 4.78 is 0. The molecule has 118 valence electrons. The number of nitrogens with one attached hydrogen (secondary N) is 1. The van der Waals surface area contributed by atoms with Crippen LogP contribution in [0.2, 0.25) is 0 Å². The fourth-order valence-electron chi connectivity index (χ4n) is 3.07. The molecule has 2 rings (SSSR count). The first-order chi connectivity index (χ1) is 9.85. The lowest BCUT2D eigenvalue weighted by Gasteiger charge is -2.42. The summed E-state index contributed by atoms with van der Waals surface area (Å²) in [6.45, 7) is 15.0. The molecule has 1 aromatic carbocycles. The number of para-hydroxylation sites is 1. The van der Waals surface area contributed by atoms with Crippen LogP contribution in [0.25, 0.3) is 0 Å². The normalized spacial score (nSPS) is 23.6. The van der Waals surface area contributed by atoms with E-state index < -0.39 is 0 Å². The van der Waals surface area contributed by atoms with Gasteiger partial charge in [0.25, 0.3) is 0 Å².